The molecule has 1 unspecified atom stereocenters. The average molecular weight is 567 g/mol. The quantitative estimate of drug-likeness (QED) is 0.156. The maximum Gasteiger partial charge on any atom is 0.335 e. The summed E-state index contributed by atoms with van der Waals surface area (Å²) >= 11 is 0. The number of nitrogens with two attached hydrogens (primary N) is 1. The minimum Gasteiger partial charge on any atom is -0.497 e. The van der Waals surface area contributed by atoms with Gasteiger partial charge in [-0.2, -0.15) is 0 Å². The van der Waals surface area contributed by atoms with Crippen molar-refractivity contribution in [2.75, 3.05) is 13.7 Å². The van der Waals surface area contributed by atoms with E-state index in [9.17, 15) is 19.5 Å². The Hall–Kier alpha value is -4.61. The zero-order chi connectivity index (χ0) is 30.0. The summed E-state index contributed by atoms with van der Waals surface area (Å²) in [6, 6.07) is 20.1. The zero-order valence-corrected chi connectivity index (χ0v) is 24.1. The van der Waals surface area contributed by atoms with Crippen molar-refractivity contribution in [1.29, 1.82) is 0 Å². The van der Waals surface area contributed by atoms with Crippen LogP contribution in [0, 0.1) is 12.1 Å². The predicted octanol–water partition coefficient (Wildman–Crippen LogP) is 5.50. The fourth-order valence-electron chi connectivity index (χ4n) is 5.84. The molecule has 4 aromatic rings. The molecule has 0 amide bonds. The molecule has 42 heavy (non-hydrogen) atoms. The number of Topliss-reactive ketones (excluding diaryl/α,β-unsaturated/α-hetero) is 1. The van der Waals surface area contributed by atoms with Crippen LogP contribution in [0.5, 0.6) is 5.75 Å². The molecule has 0 bridgehead atoms. The number of carbonyl (C=O) groups is 3. The predicted molar refractivity (Wildman–Crippen MR) is 159 cm³/mol. The number of esters is 1. The lowest BCUT2D eigenvalue weighted by molar-refractivity contribution is -0.143. The van der Waals surface area contributed by atoms with Gasteiger partial charge in [0, 0.05) is 27.6 Å². The van der Waals surface area contributed by atoms with Gasteiger partial charge in [0.15, 0.2) is 5.78 Å². The van der Waals surface area contributed by atoms with Gasteiger partial charge in [0.05, 0.1) is 30.5 Å². The van der Waals surface area contributed by atoms with E-state index >= 15 is 0 Å². The molecular weight excluding hydrogens is 532 g/mol. The van der Waals surface area contributed by atoms with Gasteiger partial charge in [-0.25, -0.2) is 4.79 Å². The highest BCUT2D eigenvalue weighted by Crippen LogP contribution is 2.41. The molecule has 0 radical (unpaired) electrons. The number of ether oxygens (including phenoxy) is 2. The van der Waals surface area contributed by atoms with Crippen molar-refractivity contribution in [3.05, 3.63) is 88.6 Å². The molecule has 3 N–H and O–H groups in total. The van der Waals surface area contributed by atoms with Gasteiger partial charge in [0.1, 0.15) is 17.8 Å². The Morgan fingerprint density at radius 1 is 1.00 bits per heavy atom. The van der Waals surface area contributed by atoms with Crippen LogP contribution in [0.4, 0.5) is 0 Å². The normalized spacial score (nSPS) is 14.3. The van der Waals surface area contributed by atoms with Crippen LogP contribution in [0.15, 0.2) is 48.5 Å². The molecule has 1 heterocycles. The first-order valence-electron chi connectivity index (χ1n) is 14.1. The van der Waals surface area contributed by atoms with E-state index in [1.165, 1.54) is 17.7 Å². The summed E-state index contributed by atoms with van der Waals surface area (Å²) < 4.78 is 12.2. The van der Waals surface area contributed by atoms with E-state index in [0.717, 1.165) is 37.7 Å². The number of hydrogen-bond acceptors (Lipinski definition) is 6. The van der Waals surface area contributed by atoms with Gasteiger partial charge in [0.2, 0.25) is 0 Å². The number of aryl methyl sites for hydroxylation is 1. The number of benzene rings is 2. The summed E-state index contributed by atoms with van der Waals surface area (Å²) in [7, 11) is 1.55. The Morgan fingerprint density at radius 3 is 2.40 bits per heavy atom. The molecule has 1 atom stereocenters. The first-order valence-corrected chi connectivity index (χ1v) is 14.1. The summed E-state index contributed by atoms with van der Waals surface area (Å²) in [5.41, 5.74) is 10.2. The molecule has 0 saturated heterocycles. The minimum atomic E-state index is -1.64. The van der Waals surface area contributed by atoms with E-state index in [-0.39, 0.29) is 24.5 Å². The summed E-state index contributed by atoms with van der Waals surface area (Å²) in [5, 5.41) is 10.4. The van der Waals surface area contributed by atoms with Crippen LogP contribution in [0.3, 0.4) is 0 Å². The van der Waals surface area contributed by atoms with E-state index in [0.29, 0.717) is 39.0 Å². The van der Waals surface area contributed by atoms with E-state index in [1.807, 2.05) is 0 Å². The lowest BCUT2D eigenvalue weighted by Gasteiger charge is -2.27. The lowest BCUT2D eigenvalue weighted by atomic mass is 9.84. The van der Waals surface area contributed by atoms with Crippen LogP contribution in [-0.2, 0) is 34.5 Å². The summed E-state index contributed by atoms with van der Waals surface area (Å²) in [5.74, 6) is -1.43. The highest BCUT2D eigenvalue weighted by molar-refractivity contribution is 6.08. The SMILES string of the molecule is CCOC(=O)Cn1c(C(C)(N)C(=O)c2ccc(OC)cc2)c(-c2c#cc3c(c2)CCCCC3)c2ccc(C(=O)O)cc21. The first kappa shape index (κ1) is 28.9. The Bertz CT molecular complexity index is 1670. The number of aromatic nitrogens is 1. The second kappa shape index (κ2) is 11.7. The van der Waals surface area contributed by atoms with Crippen molar-refractivity contribution in [2.24, 2.45) is 5.73 Å². The number of fused-ring (bicyclic) bond motifs is 2. The van der Waals surface area contributed by atoms with Gasteiger partial charge < -0.3 is 24.9 Å². The molecule has 0 aliphatic heterocycles. The smallest absolute Gasteiger partial charge is 0.335 e. The first-order chi connectivity index (χ1) is 20.1. The van der Waals surface area contributed by atoms with Crippen molar-refractivity contribution in [1.82, 2.24) is 4.57 Å². The van der Waals surface area contributed by atoms with E-state index in [2.05, 4.69) is 18.2 Å². The number of hydrogen-bond donors (Lipinski definition) is 2. The van der Waals surface area contributed by atoms with Gasteiger partial charge in [0.25, 0.3) is 0 Å². The van der Waals surface area contributed by atoms with Crippen molar-refractivity contribution in [2.45, 2.75) is 58.0 Å². The fraction of sp³-hybridized carbons (Fsp3) is 0.324. The van der Waals surface area contributed by atoms with Crippen molar-refractivity contribution >= 4 is 28.6 Å². The molecule has 3 aromatic carbocycles. The second-order valence-corrected chi connectivity index (χ2v) is 10.8. The monoisotopic (exact) mass is 566 g/mol. The largest absolute Gasteiger partial charge is 0.497 e. The Morgan fingerprint density at radius 2 is 1.71 bits per heavy atom. The Balaban J connectivity index is 1.81. The lowest BCUT2D eigenvalue weighted by Crippen LogP contribution is -2.44. The van der Waals surface area contributed by atoms with Crippen LogP contribution in [0.2, 0.25) is 0 Å². The number of ketones is 1. The molecule has 1 aliphatic carbocycles. The van der Waals surface area contributed by atoms with E-state index in [4.69, 9.17) is 15.2 Å². The topological polar surface area (TPSA) is 121 Å². The number of carbonyl (C=O) groups excluding carboxylic acids is 2. The highest BCUT2D eigenvalue weighted by Gasteiger charge is 2.39. The van der Waals surface area contributed by atoms with Crippen molar-refractivity contribution in [3.63, 3.8) is 0 Å². The molecule has 1 aliphatic rings. The molecule has 8 nitrogen and oxygen atoms in total. The molecule has 0 spiro atoms. The molecule has 0 saturated carbocycles. The summed E-state index contributed by atoms with van der Waals surface area (Å²) in [6.45, 7) is 3.23. The highest BCUT2D eigenvalue weighted by atomic mass is 16.5. The average Bonchev–Trinajstić information content (AvgIpc) is 3.12. The van der Waals surface area contributed by atoms with Gasteiger partial charge in [-0.15, -0.1) is 0 Å². The molecule has 1 aromatic heterocycles. The van der Waals surface area contributed by atoms with Gasteiger partial charge in [-0.1, -0.05) is 24.6 Å². The number of methoxy groups -OCH3 is 1. The van der Waals surface area contributed by atoms with Crippen LogP contribution < -0.4 is 10.5 Å². The van der Waals surface area contributed by atoms with Crippen LogP contribution in [-0.4, -0.2) is 41.1 Å². The van der Waals surface area contributed by atoms with Crippen molar-refractivity contribution < 1.29 is 29.0 Å². The van der Waals surface area contributed by atoms with Gasteiger partial charge >= 0.3 is 11.9 Å². The third-order valence-electron chi connectivity index (χ3n) is 7.92. The van der Waals surface area contributed by atoms with E-state index < -0.39 is 17.5 Å². The van der Waals surface area contributed by atoms with Gasteiger partial charge in [-0.3, -0.25) is 9.59 Å². The number of rotatable bonds is 9. The molecule has 5 rings (SSSR count). The van der Waals surface area contributed by atoms with Crippen LogP contribution >= 0.6 is 0 Å². The fourth-order valence-corrected chi connectivity index (χ4v) is 5.84. The number of carboxylic acids is 1. The number of nitrogens with zero attached hydrogens (tertiary/aromatic N) is 1. The molecular formula is C34H34N2O6. The summed E-state index contributed by atoms with van der Waals surface area (Å²) in [4.78, 5) is 39.0. The van der Waals surface area contributed by atoms with E-state index in [1.54, 1.807) is 55.9 Å². The maximum atomic E-state index is 14.1. The maximum absolute atomic E-state index is 14.1. The number of carboxylic acid groups (broad SMARTS) is 1. The summed E-state index contributed by atoms with van der Waals surface area (Å²) in [6.07, 6.45) is 5.12. The third kappa shape index (κ3) is 5.36. The van der Waals surface area contributed by atoms with Crippen molar-refractivity contribution in [3.8, 4) is 16.9 Å². The Labute approximate surface area is 245 Å². The number of aromatic carboxylic acids is 1. The molecule has 8 heteroatoms. The standard InChI is InChI=1S/C34H34N2O6/c1-4-42-29(37)20-36-28-19-25(33(39)40)14-17-27(28)30(24-11-10-21-8-6-5-7-9-23(21)18-24)31(36)34(2,35)32(38)22-12-15-26(41-3)16-13-22/h12-19H,4-9,20,35H2,1-3H3,(H,39,40). The molecule has 216 valence electrons. The minimum absolute atomic E-state index is 0.0425. The third-order valence-corrected chi connectivity index (χ3v) is 7.92. The second-order valence-electron chi connectivity index (χ2n) is 10.8. The molecule has 0 fully saturated rings. The van der Waals surface area contributed by atoms with Crippen LogP contribution in [0.25, 0.3) is 22.0 Å². The van der Waals surface area contributed by atoms with Gasteiger partial charge in [-0.05, 0) is 87.6 Å². The van der Waals surface area contributed by atoms with Crippen LogP contribution in [0.1, 0.15) is 70.6 Å². The Kier molecular flexibility index (Phi) is 8.06. The zero-order valence-electron chi connectivity index (χ0n) is 24.1.